The van der Waals surface area contributed by atoms with E-state index in [9.17, 15) is 26.7 Å². The number of halogens is 5. The van der Waals surface area contributed by atoms with E-state index in [1.165, 1.54) is 0 Å². The molecule has 11 heteroatoms. The van der Waals surface area contributed by atoms with Crippen LogP contribution in [0.3, 0.4) is 0 Å². The van der Waals surface area contributed by atoms with Crippen LogP contribution in [0.2, 0.25) is 0 Å². The summed E-state index contributed by atoms with van der Waals surface area (Å²) in [6.07, 6.45) is -4.26. The zero-order valence-electron chi connectivity index (χ0n) is 15.7. The van der Waals surface area contributed by atoms with Crippen molar-refractivity contribution >= 4 is 17.4 Å². The minimum Gasteiger partial charge on any atom is -0.362 e. The first-order valence-electron chi connectivity index (χ1n) is 8.88. The summed E-state index contributed by atoms with van der Waals surface area (Å²) in [6, 6.07) is 2.58. The second kappa shape index (κ2) is 7.60. The second-order valence-corrected chi connectivity index (χ2v) is 7.12. The van der Waals surface area contributed by atoms with Gasteiger partial charge in [0.2, 0.25) is 5.91 Å². The number of nitrogens with zero attached hydrogens (tertiary/aromatic N) is 3. The van der Waals surface area contributed by atoms with Gasteiger partial charge in [-0.25, -0.2) is 13.8 Å². The lowest BCUT2D eigenvalue weighted by Gasteiger charge is -2.30. The van der Waals surface area contributed by atoms with Gasteiger partial charge in [0.25, 0.3) is 5.92 Å². The van der Waals surface area contributed by atoms with Crippen LogP contribution in [0.5, 0.6) is 0 Å². The minimum absolute atomic E-state index is 0.0605. The molecule has 0 radical (unpaired) electrons. The van der Waals surface area contributed by atoms with Crippen molar-refractivity contribution in [3.8, 4) is 0 Å². The molecule has 29 heavy (non-hydrogen) atoms. The minimum atomic E-state index is -4.58. The van der Waals surface area contributed by atoms with Gasteiger partial charge in [-0.1, -0.05) is 5.16 Å². The number of pyridine rings is 1. The highest BCUT2D eigenvalue weighted by atomic mass is 19.4. The van der Waals surface area contributed by atoms with E-state index in [4.69, 9.17) is 4.52 Å². The number of hydrogen-bond acceptors (Lipinski definition) is 5. The fourth-order valence-corrected chi connectivity index (χ4v) is 3.11. The average Bonchev–Trinajstić information content (AvgIpc) is 3.03. The van der Waals surface area contributed by atoms with Crippen LogP contribution in [0.15, 0.2) is 16.7 Å². The van der Waals surface area contributed by atoms with Gasteiger partial charge in [-0.2, -0.15) is 13.2 Å². The van der Waals surface area contributed by atoms with Crippen LogP contribution in [0.25, 0.3) is 0 Å². The summed E-state index contributed by atoms with van der Waals surface area (Å²) in [6.45, 7) is 2.97. The maximum atomic E-state index is 13.0. The molecule has 1 amide bonds. The SMILES string of the molecule is Cc1cc2c(nc1NC(=O)CC(C)(F)F)CCCN2Cc1cc(C(F)(F)F)no1. The molecular weight excluding hydrogens is 399 g/mol. The zero-order chi connectivity index (χ0) is 21.4. The summed E-state index contributed by atoms with van der Waals surface area (Å²) in [7, 11) is 0. The monoisotopic (exact) mass is 418 g/mol. The molecule has 0 aromatic carbocycles. The molecule has 1 N–H and O–H groups in total. The number of aryl methyl sites for hydroxylation is 2. The van der Waals surface area contributed by atoms with Crippen LogP contribution in [0, 0.1) is 6.92 Å². The second-order valence-electron chi connectivity index (χ2n) is 7.12. The molecule has 0 fully saturated rings. The van der Waals surface area contributed by atoms with Gasteiger partial charge in [-0.05, 0) is 38.3 Å². The largest absolute Gasteiger partial charge is 0.436 e. The predicted molar refractivity (Wildman–Crippen MR) is 93.7 cm³/mol. The van der Waals surface area contributed by atoms with Gasteiger partial charge in [0, 0.05) is 12.6 Å². The maximum Gasteiger partial charge on any atom is 0.436 e. The number of rotatable bonds is 5. The van der Waals surface area contributed by atoms with Crippen molar-refractivity contribution in [3.05, 3.63) is 34.8 Å². The normalized spacial score (nSPS) is 14.7. The lowest BCUT2D eigenvalue weighted by Crippen LogP contribution is -2.30. The zero-order valence-corrected chi connectivity index (χ0v) is 15.7. The molecule has 3 heterocycles. The molecule has 2 aromatic heterocycles. The Hall–Kier alpha value is -2.72. The molecule has 158 valence electrons. The molecule has 2 aromatic rings. The van der Waals surface area contributed by atoms with E-state index in [0.29, 0.717) is 43.3 Å². The molecule has 0 saturated carbocycles. The van der Waals surface area contributed by atoms with E-state index < -0.39 is 30.1 Å². The summed E-state index contributed by atoms with van der Waals surface area (Å²) in [5.41, 5.74) is 0.773. The number of fused-ring (bicyclic) bond motifs is 1. The first kappa shape index (κ1) is 21.0. The molecule has 6 nitrogen and oxygen atoms in total. The average molecular weight is 418 g/mol. The smallest absolute Gasteiger partial charge is 0.362 e. The summed E-state index contributed by atoms with van der Waals surface area (Å²) in [4.78, 5) is 18.0. The predicted octanol–water partition coefficient (Wildman–Crippen LogP) is 4.33. The van der Waals surface area contributed by atoms with E-state index in [-0.39, 0.29) is 18.1 Å². The summed E-state index contributed by atoms with van der Waals surface area (Å²) in [5.74, 6) is -3.72. The van der Waals surface area contributed by atoms with Crippen LogP contribution in [-0.4, -0.2) is 28.5 Å². The standard InChI is InChI=1S/C18H19F5N4O2/c1-10-6-13-12(24-16(10)25-15(28)8-17(2,19)20)4-3-5-27(13)9-11-7-14(26-29-11)18(21,22)23/h6-7H,3-5,8-9H2,1-2H3,(H,24,25,28). The van der Waals surface area contributed by atoms with Crippen molar-refractivity contribution in [2.24, 2.45) is 0 Å². The number of nitrogens with one attached hydrogen (secondary N) is 1. The van der Waals surface area contributed by atoms with Gasteiger partial charge >= 0.3 is 6.18 Å². The Labute approximate surface area is 163 Å². The molecule has 0 bridgehead atoms. The lowest BCUT2D eigenvalue weighted by atomic mass is 10.1. The Balaban J connectivity index is 1.78. The summed E-state index contributed by atoms with van der Waals surface area (Å²) < 4.78 is 68.9. The molecule has 0 aliphatic carbocycles. The number of carbonyl (C=O) groups is 1. The Bertz CT molecular complexity index is 905. The van der Waals surface area contributed by atoms with Crippen LogP contribution in [-0.2, 0) is 23.9 Å². The van der Waals surface area contributed by atoms with Gasteiger partial charge in [0.05, 0.1) is 24.3 Å². The third-order valence-corrected chi connectivity index (χ3v) is 4.38. The van der Waals surface area contributed by atoms with Gasteiger partial charge < -0.3 is 14.7 Å². The third kappa shape index (κ3) is 5.21. The van der Waals surface area contributed by atoms with Crippen molar-refractivity contribution in [2.75, 3.05) is 16.8 Å². The van der Waals surface area contributed by atoms with Crippen LogP contribution in [0.1, 0.15) is 42.5 Å². The van der Waals surface area contributed by atoms with Crippen LogP contribution in [0.4, 0.5) is 33.5 Å². The van der Waals surface area contributed by atoms with Crippen molar-refractivity contribution < 1.29 is 31.3 Å². The Morgan fingerprint density at radius 3 is 2.62 bits per heavy atom. The van der Waals surface area contributed by atoms with Gasteiger partial charge in [0.15, 0.2) is 11.5 Å². The fourth-order valence-electron chi connectivity index (χ4n) is 3.11. The Morgan fingerprint density at radius 1 is 1.28 bits per heavy atom. The maximum absolute atomic E-state index is 13.0. The number of aromatic nitrogens is 2. The molecule has 1 aliphatic heterocycles. The first-order chi connectivity index (χ1) is 13.4. The molecule has 0 saturated heterocycles. The van der Waals surface area contributed by atoms with Crippen molar-refractivity contribution in [2.45, 2.75) is 51.8 Å². The number of hydrogen-bond donors (Lipinski definition) is 1. The highest BCUT2D eigenvalue weighted by Gasteiger charge is 2.35. The highest BCUT2D eigenvalue weighted by molar-refractivity contribution is 5.91. The van der Waals surface area contributed by atoms with E-state index in [1.54, 1.807) is 13.0 Å². The Morgan fingerprint density at radius 2 is 2.00 bits per heavy atom. The highest BCUT2D eigenvalue weighted by Crippen LogP contribution is 2.33. The third-order valence-electron chi connectivity index (χ3n) is 4.38. The quantitative estimate of drug-likeness (QED) is 0.732. The summed E-state index contributed by atoms with van der Waals surface area (Å²) in [5, 5.41) is 5.45. The molecule has 0 unspecified atom stereocenters. The first-order valence-corrected chi connectivity index (χ1v) is 8.88. The Kier molecular flexibility index (Phi) is 5.50. The molecular formula is C18H19F5N4O2. The van der Waals surface area contributed by atoms with Crippen molar-refractivity contribution in [1.29, 1.82) is 0 Å². The number of carbonyl (C=O) groups excluding carboxylic acids is 1. The lowest BCUT2D eigenvalue weighted by molar-refractivity contribution is -0.142. The summed E-state index contributed by atoms with van der Waals surface area (Å²) >= 11 is 0. The molecule has 3 rings (SSSR count). The number of alkyl halides is 5. The van der Waals surface area contributed by atoms with E-state index >= 15 is 0 Å². The van der Waals surface area contributed by atoms with Crippen LogP contribution >= 0.6 is 0 Å². The van der Waals surface area contributed by atoms with Gasteiger partial charge in [-0.15, -0.1) is 0 Å². The van der Waals surface area contributed by atoms with Crippen molar-refractivity contribution in [1.82, 2.24) is 10.1 Å². The molecule has 0 spiro atoms. The van der Waals surface area contributed by atoms with Crippen molar-refractivity contribution in [3.63, 3.8) is 0 Å². The topological polar surface area (TPSA) is 71.3 Å². The van der Waals surface area contributed by atoms with E-state index in [1.807, 2.05) is 4.90 Å². The van der Waals surface area contributed by atoms with Crippen LogP contribution < -0.4 is 10.2 Å². The molecule has 1 aliphatic rings. The fraction of sp³-hybridized carbons (Fsp3) is 0.500. The van der Waals surface area contributed by atoms with E-state index in [0.717, 1.165) is 6.07 Å². The number of amides is 1. The van der Waals surface area contributed by atoms with E-state index in [2.05, 4.69) is 15.5 Å². The van der Waals surface area contributed by atoms with Gasteiger partial charge in [0.1, 0.15) is 5.82 Å². The molecule has 0 atom stereocenters. The van der Waals surface area contributed by atoms with Gasteiger partial charge in [-0.3, -0.25) is 4.79 Å². The number of anilines is 2.